The van der Waals surface area contributed by atoms with Gasteiger partial charge in [0.25, 0.3) is 0 Å². The molecule has 2 saturated carbocycles. The quantitative estimate of drug-likeness (QED) is 0.363. The van der Waals surface area contributed by atoms with Gasteiger partial charge in [0, 0.05) is 10.2 Å². The van der Waals surface area contributed by atoms with Crippen LogP contribution in [0, 0.1) is 14.9 Å². The topological polar surface area (TPSA) is 0 Å². The van der Waals surface area contributed by atoms with Crippen LogP contribution in [0.4, 0.5) is 0 Å². The third-order valence-corrected chi connectivity index (χ3v) is 2.50. The predicted molar refractivity (Wildman–Crippen MR) is 90.0 cm³/mol. The summed E-state index contributed by atoms with van der Waals surface area (Å²) in [5.74, 6) is 0. The Morgan fingerprint density at radius 2 is 0.611 bits per heavy atom. The third kappa shape index (κ3) is 36.0. The van der Waals surface area contributed by atoms with E-state index in [0.29, 0.717) is 5.04 Å². The monoisotopic (exact) mass is 440 g/mol. The van der Waals surface area contributed by atoms with Crippen LogP contribution in [0.3, 0.4) is 0 Å². The van der Waals surface area contributed by atoms with Gasteiger partial charge in [-0.1, -0.05) is 90.0 Å². The van der Waals surface area contributed by atoms with Gasteiger partial charge < -0.3 is 14.9 Å². The van der Waals surface area contributed by atoms with Gasteiger partial charge in [0.1, 0.15) is 0 Å². The molecule has 2 aliphatic rings. The van der Waals surface area contributed by atoms with Gasteiger partial charge in [0.2, 0.25) is 0 Å². The molecular formula is C16H39SiTa-2. The summed E-state index contributed by atoms with van der Waals surface area (Å²) >= 11 is 0. The van der Waals surface area contributed by atoms with E-state index < -0.39 is 0 Å². The molecule has 0 aliphatic heterocycles. The summed E-state index contributed by atoms with van der Waals surface area (Å²) in [4.78, 5) is 0. The Kier molecular flexibility index (Phi) is 27.3. The molecule has 0 spiro atoms. The molecule has 18 heavy (non-hydrogen) atoms. The first kappa shape index (κ1) is 27.3. The molecule has 0 N–H and O–H groups in total. The van der Waals surface area contributed by atoms with Crippen molar-refractivity contribution in [2.24, 2.45) is 0 Å². The number of hydrogen-bond donors (Lipinski definition) is 0. The summed E-state index contributed by atoms with van der Waals surface area (Å²) < 4.78 is 0. The average Bonchev–Trinajstić information content (AvgIpc) is 2.81. The van der Waals surface area contributed by atoms with E-state index in [-0.39, 0.29) is 37.2 Å². The summed E-state index contributed by atoms with van der Waals surface area (Å²) in [7, 11) is 2.01. The van der Waals surface area contributed by atoms with Gasteiger partial charge in [-0.2, -0.15) is 0 Å². The van der Waals surface area contributed by atoms with Crippen molar-refractivity contribution in [1.29, 1.82) is 0 Å². The Morgan fingerprint density at radius 1 is 0.556 bits per heavy atom. The summed E-state index contributed by atoms with van der Waals surface area (Å²) in [5, 5.41) is 0.528. The zero-order valence-electron chi connectivity index (χ0n) is 13.9. The fourth-order valence-electron chi connectivity index (χ4n) is 1.77. The predicted octanol–water partition coefficient (Wildman–Crippen LogP) is 5.10. The third-order valence-electron chi connectivity index (χ3n) is 2.50. The molecular weight excluding hydrogens is 401 g/mol. The fourth-order valence-corrected chi connectivity index (χ4v) is 1.77. The van der Waals surface area contributed by atoms with Crippen LogP contribution < -0.4 is 0 Å². The molecule has 0 atom stereocenters. The van der Waals surface area contributed by atoms with Gasteiger partial charge in [-0.15, -0.1) is 0 Å². The summed E-state index contributed by atoms with van der Waals surface area (Å²) in [6, 6.07) is 0. The molecule has 0 aromatic heterocycles. The van der Waals surface area contributed by atoms with Gasteiger partial charge in [0.15, 0.2) is 0 Å². The van der Waals surface area contributed by atoms with Crippen molar-refractivity contribution in [1.82, 2.24) is 0 Å². The first-order valence-electron chi connectivity index (χ1n) is 6.85. The van der Waals surface area contributed by atoms with Crippen molar-refractivity contribution in [2.75, 3.05) is 0 Å². The SMILES string of the molecule is C1CCCC1.C1CCCC1.CC(C)(C)[SiH2].[CH3-].[CH3-].[TaH2]. The average molecular weight is 441 g/mol. The van der Waals surface area contributed by atoms with Crippen LogP contribution in [-0.2, 0) is 22.4 Å². The van der Waals surface area contributed by atoms with Gasteiger partial charge >= 0.3 is 22.4 Å². The molecule has 0 saturated heterocycles. The molecule has 0 aromatic carbocycles. The molecule has 2 heteroatoms. The second kappa shape index (κ2) is 18.0. The van der Waals surface area contributed by atoms with Crippen LogP contribution in [0.2, 0.25) is 5.04 Å². The van der Waals surface area contributed by atoms with E-state index in [2.05, 4.69) is 20.8 Å². The van der Waals surface area contributed by atoms with Crippen molar-refractivity contribution in [3.63, 3.8) is 0 Å². The Bertz CT molecular complexity index is 90.3. The second-order valence-corrected chi connectivity index (χ2v) is 8.22. The van der Waals surface area contributed by atoms with E-state index in [1.807, 2.05) is 10.2 Å². The van der Waals surface area contributed by atoms with Crippen LogP contribution >= 0.6 is 0 Å². The molecule has 0 bridgehead atoms. The van der Waals surface area contributed by atoms with Crippen molar-refractivity contribution in [2.45, 2.75) is 90.0 Å². The van der Waals surface area contributed by atoms with Crippen molar-refractivity contribution in [3.05, 3.63) is 14.9 Å². The Hall–Kier alpha value is 0.957. The minimum atomic E-state index is 0. The zero-order chi connectivity index (χ0) is 11.6. The molecule has 114 valence electrons. The second-order valence-electron chi connectivity index (χ2n) is 6.10. The van der Waals surface area contributed by atoms with Crippen molar-refractivity contribution >= 4 is 10.2 Å². The summed E-state index contributed by atoms with van der Waals surface area (Å²) in [5.41, 5.74) is 0. The molecule has 0 unspecified atom stereocenters. The molecule has 0 nitrogen and oxygen atoms in total. The normalized spacial score (nSPS) is 16.7. The Balaban J connectivity index is -0.0000000754. The molecule has 2 aliphatic carbocycles. The van der Waals surface area contributed by atoms with Crippen molar-refractivity contribution in [3.8, 4) is 0 Å². The van der Waals surface area contributed by atoms with E-state index in [1.54, 1.807) is 0 Å². The molecule has 2 rings (SSSR count). The maximum absolute atomic E-state index is 2.20. The van der Waals surface area contributed by atoms with E-state index in [9.17, 15) is 0 Å². The van der Waals surface area contributed by atoms with Gasteiger partial charge in [-0.05, 0) is 0 Å². The minimum absolute atomic E-state index is 0. The Morgan fingerprint density at radius 3 is 0.667 bits per heavy atom. The van der Waals surface area contributed by atoms with Crippen molar-refractivity contribution < 1.29 is 22.4 Å². The van der Waals surface area contributed by atoms with E-state index in [4.69, 9.17) is 0 Å². The molecule has 0 amide bonds. The summed E-state index contributed by atoms with van der Waals surface area (Å²) in [6.45, 7) is 6.60. The first-order chi connectivity index (χ1) is 7.00. The summed E-state index contributed by atoms with van der Waals surface area (Å²) in [6.07, 6.45) is 15.0. The van der Waals surface area contributed by atoms with Crippen LogP contribution in [0.5, 0.6) is 0 Å². The van der Waals surface area contributed by atoms with Gasteiger partial charge in [0.05, 0.1) is 0 Å². The fraction of sp³-hybridized carbons (Fsp3) is 0.875. The molecule has 2 fully saturated rings. The Labute approximate surface area is 137 Å². The van der Waals surface area contributed by atoms with E-state index in [0.717, 1.165) is 0 Å². The number of rotatable bonds is 0. The molecule has 2 radical (unpaired) electrons. The van der Waals surface area contributed by atoms with Crippen LogP contribution in [0.15, 0.2) is 0 Å². The van der Waals surface area contributed by atoms with Gasteiger partial charge in [-0.3, -0.25) is 0 Å². The molecule has 0 aromatic rings. The standard InChI is InChI=1S/2C5H10.C4H11Si.2CH3.Ta.2H/c2*1-2-4-5-3-1;1-4(2,3)5;;;;;/h2*1-5H2;5H2,1-3H3;2*1H3;;;/q;;;2*-1;;;. The zero-order valence-corrected chi connectivity index (χ0v) is 19.4. The van der Waals surface area contributed by atoms with Crippen LogP contribution in [0.25, 0.3) is 0 Å². The van der Waals surface area contributed by atoms with E-state index in [1.165, 1.54) is 64.2 Å². The first-order valence-corrected chi connectivity index (χ1v) is 7.56. The van der Waals surface area contributed by atoms with E-state index >= 15 is 0 Å². The van der Waals surface area contributed by atoms with Crippen LogP contribution in [-0.4, -0.2) is 10.2 Å². The van der Waals surface area contributed by atoms with Gasteiger partial charge in [-0.25, -0.2) is 0 Å². The molecule has 0 heterocycles. The number of hydrogen-bond acceptors (Lipinski definition) is 0. The van der Waals surface area contributed by atoms with Crippen LogP contribution in [0.1, 0.15) is 85.0 Å². The maximum atomic E-state index is 2.20.